The van der Waals surface area contributed by atoms with E-state index in [0.29, 0.717) is 31.7 Å². The number of halogens is 3. The predicted molar refractivity (Wildman–Crippen MR) is 94.5 cm³/mol. The van der Waals surface area contributed by atoms with Crippen LogP contribution in [0.1, 0.15) is 24.5 Å². The van der Waals surface area contributed by atoms with Gasteiger partial charge in [0.2, 0.25) is 5.91 Å². The summed E-state index contributed by atoms with van der Waals surface area (Å²) in [6.07, 6.45) is -3.91. The van der Waals surface area contributed by atoms with Gasteiger partial charge in [-0.3, -0.25) is 4.79 Å². The Kier molecular flexibility index (Phi) is 6.80. The van der Waals surface area contributed by atoms with Crippen LogP contribution in [-0.2, 0) is 22.3 Å². The monoisotopic (exact) mass is 365 g/mol. The Labute approximate surface area is 151 Å². The first kappa shape index (κ1) is 20.0. The maximum absolute atomic E-state index is 12.6. The molecule has 0 saturated heterocycles. The van der Waals surface area contributed by atoms with E-state index in [4.69, 9.17) is 4.74 Å². The third-order valence-electron chi connectivity index (χ3n) is 4.09. The zero-order valence-electron chi connectivity index (χ0n) is 14.8. The molecule has 0 bridgehead atoms. The summed E-state index contributed by atoms with van der Waals surface area (Å²) in [6.45, 7) is 3.28. The van der Waals surface area contributed by atoms with Crippen molar-refractivity contribution < 1.29 is 22.7 Å². The highest BCUT2D eigenvalue weighted by molar-refractivity contribution is 5.75. The van der Waals surface area contributed by atoms with E-state index in [1.807, 2.05) is 31.2 Å². The van der Waals surface area contributed by atoms with Crippen LogP contribution in [0.4, 0.5) is 13.2 Å². The fourth-order valence-electron chi connectivity index (χ4n) is 2.59. The number of amides is 1. The van der Waals surface area contributed by atoms with Crippen LogP contribution < -0.4 is 0 Å². The van der Waals surface area contributed by atoms with Crippen molar-refractivity contribution in [3.63, 3.8) is 0 Å². The van der Waals surface area contributed by atoms with Crippen molar-refractivity contribution >= 4 is 5.91 Å². The number of benzene rings is 2. The number of hydrogen-bond acceptors (Lipinski definition) is 2. The number of rotatable bonds is 7. The zero-order valence-corrected chi connectivity index (χ0v) is 14.8. The summed E-state index contributed by atoms with van der Waals surface area (Å²) in [7, 11) is 1.59. The molecule has 6 heteroatoms. The summed E-state index contributed by atoms with van der Waals surface area (Å²) in [5, 5.41) is 0. The summed E-state index contributed by atoms with van der Waals surface area (Å²) in [4.78, 5) is 13.7. The van der Waals surface area contributed by atoms with Crippen LogP contribution in [-0.4, -0.2) is 31.1 Å². The maximum atomic E-state index is 12.6. The van der Waals surface area contributed by atoms with Crippen molar-refractivity contribution in [3.05, 3.63) is 59.7 Å². The van der Waals surface area contributed by atoms with Gasteiger partial charge in [0, 0.05) is 26.6 Å². The zero-order chi connectivity index (χ0) is 19.2. The first-order valence-electron chi connectivity index (χ1n) is 8.38. The molecule has 2 rings (SSSR count). The average molecular weight is 365 g/mol. The Morgan fingerprint density at radius 2 is 1.54 bits per heavy atom. The van der Waals surface area contributed by atoms with Crippen LogP contribution in [0.2, 0.25) is 0 Å². The molecule has 2 aromatic carbocycles. The standard InChI is InChI=1S/C20H22F3NO2/c1-3-19(25)24(12-13-26-2)14-15-4-6-16(7-5-15)17-8-10-18(11-9-17)20(21,22)23/h4-11H,3,12-14H2,1-2H3. The molecule has 0 unspecified atom stereocenters. The summed E-state index contributed by atoms with van der Waals surface area (Å²) < 4.78 is 43.0. The third kappa shape index (κ3) is 5.33. The molecule has 0 atom stereocenters. The van der Waals surface area contributed by atoms with Crippen molar-refractivity contribution in [2.24, 2.45) is 0 Å². The lowest BCUT2D eigenvalue weighted by molar-refractivity contribution is -0.137. The highest BCUT2D eigenvalue weighted by Crippen LogP contribution is 2.31. The Hall–Kier alpha value is -2.34. The molecule has 0 saturated carbocycles. The topological polar surface area (TPSA) is 29.5 Å². The van der Waals surface area contributed by atoms with Crippen LogP contribution in [0.3, 0.4) is 0 Å². The molecule has 1 amide bonds. The second-order valence-electron chi connectivity index (χ2n) is 5.93. The van der Waals surface area contributed by atoms with Gasteiger partial charge in [0.25, 0.3) is 0 Å². The minimum atomic E-state index is -4.33. The van der Waals surface area contributed by atoms with Crippen LogP contribution in [0.15, 0.2) is 48.5 Å². The Bertz CT molecular complexity index is 709. The quantitative estimate of drug-likeness (QED) is 0.708. The van der Waals surface area contributed by atoms with Crippen LogP contribution in [0.5, 0.6) is 0 Å². The van der Waals surface area contributed by atoms with Gasteiger partial charge in [0.1, 0.15) is 0 Å². The van der Waals surface area contributed by atoms with Crippen molar-refractivity contribution in [2.75, 3.05) is 20.3 Å². The van der Waals surface area contributed by atoms with Gasteiger partial charge in [-0.05, 0) is 28.8 Å². The molecule has 0 aliphatic carbocycles. The van der Waals surface area contributed by atoms with E-state index < -0.39 is 11.7 Å². The molecule has 0 radical (unpaired) electrons. The molecule has 26 heavy (non-hydrogen) atoms. The molecular weight excluding hydrogens is 343 g/mol. The smallest absolute Gasteiger partial charge is 0.383 e. The van der Waals surface area contributed by atoms with Gasteiger partial charge in [0.05, 0.1) is 12.2 Å². The minimum absolute atomic E-state index is 0.0499. The molecule has 0 fully saturated rings. The molecule has 140 valence electrons. The van der Waals surface area contributed by atoms with Crippen molar-refractivity contribution in [1.29, 1.82) is 0 Å². The van der Waals surface area contributed by atoms with E-state index in [-0.39, 0.29) is 5.91 Å². The molecule has 0 spiro atoms. The highest BCUT2D eigenvalue weighted by atomic mass is 19.4. The van der Waals surface area contributed by atoms with E-state index in [0.717, 1.165) is 23.3 Å². The number of hydrogen-bond donors (Lipinski definition) is 0. The largest absolute Gasteiger partial charge is 0.416 e. The second-order valence-corrected chi connectivity index (χ2v) is 5.93. The van der Waals surface area contributed by atoms with Gasteiger partial charge in [-0.15, -0.1) is 0 Å². The van der Waals surface area contributed by atoms with E-state index >= 15 is 0 Å². The molecule has 0 N–H and O–H groups in total. The predicted octanol–water partition coefficient (Wildman–Crippen LogP) is 4.76. The SMILES string of the molecule is CCC(=O)N(CCOC)Cc1ccc(-c2ccc(C(F)(F)F)cc2)cc1. The number of alkyl halides is 3. The molecule has 0 aromatic heterocycles. The number of nitrogens with zero attached hydrogens (tertiary/aromatic N) is 1. The molecule has 0 aliphatic rings. The van der Waals surface area contributed by atoms with Gasteiger partial charge in [-0.2, -0.15) is 13.2 Å². The summed E-state index contributed by atoms with van der Waals surface area (Å²) in [6, 6.07) is 12.6. The molecule has 3 nitrogen and oxygen atoms in total. The first-order chi connectivity index (χ1) is 12.3. The van der Waals surface area contributed by atoms with Gasteiger partial charge in [-0.1, -0.05) is 43.3 Å². The number of carbonyl (C=O) groups excluding carboxylic acids is 1. The average Bonchev–Trinajstić information content (AvgIpc) is 2.64. The normalized spacial score (nSPS) is 11.4. The lowest BCUT2D eigenvalue weighted by atomic mass is 10.0. The molecular formula is C20H22F3NO2. The second kappa shape index (κ2) is 8.85. The Morgan fingerprint density at radius 1 is 1.00 bits per heavy atom. The van der Waals surface area contributed by atoms with Gasteiger partial charge in [0.15, 0.2) is 0 Å². The summed E-state index contributed by atoms with van der Waals surface area (Å²) in [5.41, 5.74) is 1.83. The van der Waals surface area contributed by atoms with Gasteiger partial charge >= 0.3 is 6.18 Å². The van der Waals surface area contributed by atoms with Gasteiger partial charge < -0.3 is 9.64 Å². The number of carbonyl (C=O) groups is 1. The Morgan fingerprint density at radius 3 is 2.00 bits per heavy atom. The summed E-state index contributed by atoms with van der Waals surface area (Å²) >= 11 is 0. The van der Waals surface area contributed by atoms with Gasteiger partial charge in [-0.25, -0.2) is 0 Å². The maximum Gasteiger partial charge on any atom is 0.416 e. The highest BCUT2D eigenvalue weighted by Gasteiger charge is 2.29. The van der Waals surface area contributed by atoms with E-state index in [2.05, 4.69) is 0 Å². The van der Waals surface area contributed by atoms with Crippen molar-refractivity contribution in [1.82, 2.24) is 4.90 Å². The van der Waals surface area contributed by atoms with Crippen LogP contribution in [0, 0.1) is 0 Å². The molecule has 0 heterocycles. The van der Waals surface area contributed by atoms with Crippen molar-refractivity contribution in [2.45, 2.75) is 26.1 Å². The number of methoxy groups -OCH3 is 1. The fraction of sp³-hybridized carbons (Fsp3) is 0.350. The van der Waals surface area contributed by atoms with Crippen molar-refractivity contribution in [3.8, 4) is 11.1 Å². The summed E-state index contributed by atoms with van der Waals surface area (Å²) in [5.74, 6) is 0.0499. The van der Waals surface area contributed by atoms with Crippen LogP contribution in [0.25, 0.3) is 11.1 Å². The molecule has 2 aromatic rings. The minimum Gasteiger partial charge on any atom is -0.383 e. The first-order valence-corrected chi connectivity index (χ1v) is 8.38. The van der Waals surface area contributed by atoms with E-state index in [9.17, 15) is 18.0 Å². The van der Waals surface area contributed by atoms with E-state index in [1.165, 1.54) is 12.1 Å². The lowest BCUT2D eigenvalue weighted by Gasteiger charge is -2.22. The van der Waals surface area contributed by atoms with Crippen LogP contribution >= 0.6 is 0 Å². The lowest BCUT2D eigenvalue weighted by Crippen LogP contribution is -2.32. The number of ether oxygens (including phenoxy) is 1. The Balaban J connectivity index is 2.10. The van der Waals surface area contributed by atoms with E-state index in [1.54, 1.807) is 12.0 Å². The third-order valence-corrected chi connectivity index (χ3v) is 4.09. The molecule has 0 aliphatic heterocycles. The fourth-order valence-corrected chi connectivity index (χ4v) is 2.59.